The lowest BCUT2D eigenvalue weighted by atomic mass is 9.78. The van der Waals surface area contributed by atoms with Crippen LogP contribution in [0, 0.1) is 5.41 Å². The Kier molecular flexibility index (Phi) is 7.85. The van der Waals surface area contributed by atoms with Gasteiger partial charge in [0.25, 0.3) is 0 Å². The number of hydrogen-bond acceptors (Lipinski definition) is 8. The second-order valence-electron chi connectivity index (χ2n) is 6.41. The van der Waals surface area contributed by atoms with Crippen molar-refractivity contribution in [2.75, 3.05) is 35.0 Å². The first-order chi connectivity index (χ1) is 14.4. The second kappa shape index (κ2) is 10.3. The number of methoxy groups -OCH3 is 4. The minimum atomic E-state index is -1.62. The topological polar surface area (TPSA) is 113 Å². The summed E-state index contributed by atoms with van der Waals surface area (Å²) >= 11 is 0. The van der Waals surface area contributed by atoms with Gasteiger partial charge in [-0.15, -0.1) is 0 Å². The number of fused-ring (bicyclic) bond motifs is 1. The molecule has 1 aromatic carbocycles. The zero-order valence-electron chi connectivity index (χ0n) is 17.4. The average molecular weight is 419 g/mol. The van der Waals surface area contributed by atoms with Gasteiger partial charge >= 0.3 is 18.1 Å². The molecule has 2 rings (SSSR count). The first-order valence-electron chi connectivity index (χ1n) is 9.08. The van der Waals surface area contributed by atoms with Crippen LogP contribution in [0.4, 0.5) is 4.79 Å². The average Bonchev–Trinajstić information content (AvgIpc) is 3.18. The number of aromatic amines is 1. The van der Waals surface area contributed by atoms with Crippen molar-refractivity contribution in [3.05, 3.63) is 42.1 Å². The van der Waals surface area contributed by atoms with Crippen LogP contribution in [-0.2, 0) is 35.0 Å². The van der Waals surface area contributed by atoms with Crippen molar-refractivity contribution >= 4 is 29.0 Å². The molecule has 0 saturated heterocycles. The summed E-state index contributed by atoms with van der Waals surface area (Å²) in [4.78, 5) is 39.6. The molecule has 2 aromatic rings. The van der Waals surface area contributed by atoms with Crippen molar-refractivity contribution in [2.45, 2.75) is 12.8 Å². The van der Waals surface area contributed by atoms with E-state index in [1.807, 2.05) is 12.1 Å². The van der Waals surface area contributed by atoms with Crippen LogP contribution in [0.3, 0.4) is 0 Å². The summed E-state index contributed by atoms with van der Waals surface area (Å²) in [6.45, 7) is -0.0740. The van der Waals surface area contributed by atoms with E-state index in [4.69, 9.17) is 18.9 Å². The van der Waals surface area contributed by atoms with Crippen LogP contribution in [0.5, 0.6) is 5.75 Å². The fourth-order valence-corrected chi connectivity index (χ4v) is 3.14. The van der Waals surface area contributed by atoms with E-state index in [-0.39, 0.29) is 19.4 Å². The summed E-state index contributed by atoms with van der Waals surface area (Å²) in [6.07, 6.45) is 3.98. The molecule has 0 aliphatic heterocycles. The smallest absolute Gasteiger partial charge is 0.497 e. The normalized spacial score (nSPS) is 11.3. The molecular formula is C21H25NO8. The molecule has 0 radical (unpaired) electrons. The van der Waals surface area contributed by atoms with Crippen LogP contribution in [0.25, 0.3) is 10.9 Å². The van der Waals surface area contributed by atoms with Gasteiger partial charge in [-0.25, -0.2) is 4.79 Å². The van der Waals surface area contributed by atoms with Crippen LogP contribution < -0.4 is 4.74 Å². The monoisotopic (exact) mass is 419 g/mol. The zero-order chi connectivity index (χ0) is 22.1. The lowest BCUT2D eigenvalue weighted by Crippen LogP contribution is -2.42. The van der Waals surface area contributed by atoms with Crippen molar-refractivity contribution in [1.29, 1.82) is 0 Å². The number of nitrogens with one attached hydrogen (secondary N) is 1. The summed E-state index contributed by atoms with van der Waals surface area (Å²) in [7, 11) is 5.17. The summed E-state index contributed by atoms with van der Waals surface area (Å²) < 4.78 is 24.3. The van der Waals surface area contributed by atoms with Gasteiger partial charge in [0, 0.05) is 23.5 Å². The van der Waals surface area contributed by atoms with E-state index in [0.717, 1.165) is 16.5 Å². The highest BCUT2D eigenvalue weighted by Crippen LogP contribution is 2.35. The molecule has 9 nitrogen and oxygen atoms in total. The molecule has 1 N–H and O–H groups in total. The maximum atomic E-state index is 12.7. The van der Waals surface area contributed by atoms with Gasteiger partial charge in [0.2, 0.25) is 0 Å². The third-order valence-electron chi connectivity index (χ3n) is 4.72. The fourth-order valence-electron chi connectivity index (χ4n) is 3.14. The minimum absolute atomic E-state index is 0.0203. The van der Waals surface area contributed by atoms with Crippen molar-refractivity contribution in [1.82, 2.24) is 4.98 Å². The Labute approximate surface area is 173 Å². The number of ether oxygens (including phenoxy) is 5. The number of benzene rings is 1. The molecule has 9 heteroatoms. The Balaban J connectivity index is 2.38. The number of esters is 2. The standard InChI is InChI=1S/C21H25NO8/c1-26-15-7-8-17-16(11-15)14(13-22-17)12-21(18(23)27-2,19(24)28-3)9-5-6-10-30-20(25)29-4/h5-8,11,13,22H,9-10,12H2,1-4H3/b6-5+. The molecule has 0 aliphatic carbocycles. The Morgan fingerprint density at radius 2 is 1.70 bits per heavy atom. The molecule has 0 spiro atoms. The predicted molar refractivity (Wildman–Crippen MR) is 107 cm³/mol. The number of carbonyl (C=O) groups is 3. The quantitative estimate of drug-likeness (QED) is 0.286. The summed E-state index contributed by atoms with van der Waals surface area (Å²) in [6, 6.07) is 5.47. The molecule has 30 heavy (non-hydrogen) atoms. The first kappa shape index (κ1) is 22.8. The van der Waals surface area contributed by atoms with Gasteiger partial charge in [0.1, 0.15) is 12.4 Å². The first-order valence-corrected chi connectivity index (χ1v) is 9.08. The Bertz CT molecular complexity index is 914. The van der Waals surface area contributed by atoms with Gasteiger partial charge in [-0.1, -0.05) is 12.2 Å². The van der Waals surface area contributed by atoms with Crippen LogP contribution in [0.2, 0.25) is 0 Å². The molecule has 162 valence electrons. The van der Waals surface area contributed by atoms with Crippen molar-refractivity contribution in [2.24, 2.45) is 5.41 Å². The number of carbonyl (C=O) groups excluding carboxylic acids is 3. The number of aromatic nitrogens is 1. The second-order valence-corrected chi connectivity index (χ2v) is 6.41. The van der Waals surface area contributed by atoms with E-state index in [1.54, 1.807) is 25.4 Å². The van der Waals surface area contributed by atoms with Crippen LogP contribution in [-0.4, -0.2) is 58.1 Å². The molecule has 0 saturated carbocycles. The predicted octanol–water partition coefficient (Wildman–Crippen LogP) is 2.78. The van der Waals surface area contributed by atoms with Crippen molar-refractivity contribution < 1.29 is 38.1 Å². The van der Waals surface area contributed by atoms with Crippen LogP contribution >= 0.6 is 0 Å². The third-order valence-corrected chi connectivity index (χ3v) is 4.72. The molecule has 0 aliphatic rings. The van der Waals surface area contributed by atoms with Gasteiger partial charge in [-0.2, -0.15) is 0 Å². The minimum Gasteiger partial charge on any atom is -0.497 e. The summed E-state index contributed by atoms with van der Waals surface area (Å²) in [5, 5.41) is 0.810. The van der Waals surface area contributed by atoms with E-state index < -0.39 is 23.5 Å². The zero-order valence-corrected chi connectivity index (χ0v) is 17.4. The highest BCUT2D eigenvalue weighted by atomic mass is 16.7. The van der Waals surface area contributed by atoms with Gasteiger partial charge in [-0.05, 0) is 30.2 Å². The summed E-state index contributed by atoms with van der Waals surface area (Å²) in [5.74, 6) is -0.819. The van der Waals surface area contributed by atoms with Gasteiger partial charge in [-0.3, -0.25) is 9.59 Å². The fraction of sp³-hybridized carbons (Fsp3) is 0.381. The number of H-pyrrole nitrogens is 1. The van der Waals surface area contributed by atoms with Crippen LogP contribution in [0.1, 0.15) is 12.0 Å². The maximum Gasteiger partial charge on any atom is 0.508 e. The van der Waals surface area contributed by atoms with Gasteiger partial charge in [0.15, 0.2) is 5.41 Å². The molecule has 1 aromatic heterocycles. The highest BCUT2D eigenvalue weighted by Gasteiger charge is 2.48. The SMILES string of the molecule is COC(=O)OC/C=C/CC(Cc1c[nH]c2ccc(OC)cc12)(C(=O)OC)C(=O)OC. The van der Waals surface area contributed by atoms with E-state index >= 15 is 0 Å². The molecule has 0 unspecified atom stereocenters. The number of rotatable bonds is 9. The molecule has 1 heterocycles. The Morgan fingerprint density at radius 3 is 2.30 bits per heavy atom. The summed E-state index contributed by atoms with van der Waals surface area (Å²) in [5.41, 5.74) is -0.0703. The largest absolute Gasteiger partial charge is 0.508 e. The van der Waals surface area contributed by atoms with E-state index in [2.05, 4.69) is 9.72 Å². The number of allylic oxidation sites excluding steroid dienone is 1. The van der Waals surface area contributed by atoms with Gasteiger partial charge in [0.05, 0.1) is 28.4 Å². The van der Waals surface area contributed by atoms with E-state index in [9.17, 15) is 14.4 Å². The third kappa shape index (κ3) is 4.91. The van der Waals surface area contributed by atoms with Gasteiger partial charge < -0.3 is 28.7 Å². The molecule has 0 bridgehead atoms. The lowest BCUT2D eigenvalue weighted by Gasteiger charge is -2.27. The molecular weight excluding hydrogens is 394 g/mol. The van der Waals surface area contributed by atoms with E-state index in [1.165, 1.54) is 27.4 Å². The Morgan fingerprint density at radius 1 is 1.00 bits per heavy atom. The van der Waals surface area contributed by atoms with E-state index in [0.29, 0.717) is 5.75 Å². The van der Waals surface area contributed by atoms with Crippen molar-refractivity contribution in [3.8, 4) is 5.75 Å². The van der Waals surface area contributed by atoms with Crippen molar-refractivity contribution in [3.63, 3.8) is 0 Å². The maximum absolute atomic E-state index is 12.7. The Hall–Kier alpha value is -3.49. The molecule has 0 atom stereocenters. The highest BCUT2D eigenvalue weighted by molar-refractivity contribution is 6.01. The number of hydrogen-bond donors (Lipinski definition) is 1. The molecule has 0 fully saturated rings. The van der Waals surface area contributed by atoms with Crippen LogP contribution in [0.15, 0.2) is 36.5 Å². The molecule has 0 amide bonds. The lowest BCUT2D eigenvalue weighted by molar-refractivity contribution is -0.168.